The van der Waals surface area contributed by atoms with Crippen LogP contribution >= 0.6 is 11.8 Å². The Morgan fingerprint density at radius 2 is 1.62 bits per heavy atom. The summed E-state index contributed by atoms with van der Waals surface area (Å²) in [5.74, 6) is 0.431. The Morgan fingerprint density at radius 3 is 2.34 bits per heavy atom. The van der Waals surface area contributed by atoms with Crippen LogP contribution in [0.1, 0.15) is 15.9 Å². The van der Waals surface area contributed by atoms with Gasteiger partial charge in [0, 0.05) is 18.8 Å². The maximum atomic E-state index is 13.0. The number of rotatable bonds is 5. The van der Waals surface area contributed by atoms with Gasteiger partial charge in [0.15, 0.2) is 11.0 Å². The molecular weight excluding hydrogens is 384 g/mol. The van der Waals surface area contributed by atoms with Crippen LogP contribution in [-0.4, -0.2) is 24.4 Å². The number of hydrogen-bond donors (Lipinski definition) is 0. The van der Waals surface area contributed by atoms with E-state index in [-0.39, 0.29) is 10.7 Å². The monoisotopic (exact) mass is 402 g/mol. The van der Waals surface area contributed by atoms with Gasteiger partial charge in [0.1, 0.15) is 0 Å². The first kappa shape index (κ1) is 18.9. The van der Waals surface area contributed by atoms with Gasteiger partial charge in [-0.3, -0.25) is 9.59 Å². The molecule has 144 valence electrons. The molecule has 0 unspecified atom stereocenters. The van der Waals surface area contributed by atoms with Crippen molar-refractivity contribution >= 4 is 16.9 Å². The van der Waals surface area contributed by atoms with Crippen molar-refractivity contribution in [3.05, 3.63) is 100 Å². The topological polar surface area (TPSA) is 69.8 Å². The maximum absolute atomic E-state index is 13.0. The number of pyridine rings is 1. The van der Waals surface area contributed by atoms with Gasteiger partial charge < -0.3 is 9.13 Å². The van der Waals surface area contributed by atoms with Crippen LogP contribution in [-0.2, 0) is 13.6 Å². The molecule has 4 rings (SSSR count). The Balaban J connectivity index is 1.62. The lowest BCUT2D eigenvalue weighted by Gasteiger charge is -2.08. The largest absolute Gasteiger partial charge is 0.310 e. The molecule has 0 aliphatic rings. The molecule has 0 spiro atoms. The summed E-state index contributed by atoms with van der Waals surface area (Å²) >= 11 is 0.993. The Hall–Kier alpha value is -3.45. The SMILES string of the molecule is Cn1c(SC(=O)c2ccccc2)nnc1-c1cccn(Cc2ccccc2)c1=O. The molecule has 0 fully saturated rings. The summed E-state index contributed by atoms with van der Waals surface area (Å²) in [5, 5.41) is 8.60. The van der Waals surface area contributed by atoms with Gasteiger partial charge in [-0.05, 0) is 29.5 Å². The molecule has 2 aromatic heterocycles. The highest BCUT2D eigenvalue weighted by Crippen LogP contribution is 2.24. The molecule has 0 N–H and O–H groups in total. The van der Waals surface area contributed by atoms with Crippen LogP contribution in [0.5, 0.6) is 0 Å². The lowest BCUT2D eigenvalue weighted by Crippen LogP contribution is -2.22. The zero-order chi connectivity index (χ0) is 20.2. The van der Waals surface area contributed by atoms with Crippen molar-refractivity contribution in [2.24, 2.45) is 7.05 Å². The van der Waals surface area contributed by atoms with Gasteiger partial charge in [0.05, 0.1) is 12.1 Å². The quantitative estimate of drug-likeness (QED) is 0.477. The number of thioether (sulfide) groups is 1. The second-order valence-corrected chi connectivity index (χ2v) is 7.40. The Bertz CT molecular complexity index is 1200. The average molecular weight is 402 g/mol. The van der Waals surface area contributed by atoms with Crippen LogP contribution < -0.4 is 5.56 Å². The number of nitrogens with zero attached hydrogens (tertiary/aromatic N) is 4. The number of carbonyl (C=O) groups excluding carboxylic acids is 1. The number of carbonyl (C=O) groups is 1. The van der Waals surface area contributed by atoms with E-state index >= 15 is 0 Å². The van der Waals surface area contributed by atoms with Crippen molar-refractivity contribution in [1.29, 1.82) is 0 Å². The lowest BCUT2D eigenvalue weighted by molar-refractivity contribution is 0.108. The molecule has 6 nitrogen and oxygen atoms in total. The van der Waals surface area contributed by atoms with E-state index in [0.717, 1.165) is 17.3 Å². The van der Waals surface area contributed by atoms with E-state index in [0.29, 0.717) is 28.7 Å². The molecule has 0 saturated heterocycles. The van der Waals surface area contributed by atoms with E-state index in [1.165, 1.54) is 0 Å². The van der Waals surface area contributed by atoms with Crippen molar-refractivity contribution in [3.63, 3.8) is 0 Å². The minimum Gasteiger partial charge on any atom is -0.310 e. The van der Waals surface area contributed by atoms with E-state index in [1.54, 1.807) is 40.6 Å². The summed E-state index contributed by atoms with van der Waals surface area (Å²) < 4.78 is 3.32. The molecule has 0 radical (unpaired) electrons. The highest BCUT2D eigenvalue weighted by molar-refractivity contribution is 8.14. The van der Waals surface area contributed by atoms with Crippen molar-refractivity contribution in [1.82, 2.24) is 19.3 Å². The van der Waals surface area contributed by atoms with Crippen molar-refractivity contribution < 1.29 is 4.79 Å². The second kappa shape index (κ2) is 8.28. The predicted molar refractivity (Wildman–Crippen MR) is 113 cm³/mol. The standard InChI is InChI=1S/C22H18N4O2S/c1-25-19(23-24-22(25)29-21(28)17-11-6-3-7-12-17)18-13-8-14-26(20(18)27)15-16-9-4-2-5-10-16/h2-14H,15H2,1H3. The zero-order valence-electron chi connectivity index (χ0n) is 15.7. The summed E-state index contributed by atoms with van der Waals surface area (Å²) in [7, 11) is 1.75. The van der Waals surface area contributed by atoms with Gasteiger partial charge in [-0.2, -0.15) is 0 Å². The first-order chi connectivity index (χ1) is 14.1. The number of aromatic nitrogens is 4. The van der Waals surface area contributed by atoms with Crippen molar-refractivity contribution in [3.8, 4) is 11.4 Å². The highest BCUT2D eigenvalue weighted by atomic mass is 32.2. The lowest BCUT2D eigenvalue weighted by atomic mass is 10.2. The first-order valence-electron chi connectivity index (χ1n) is 9.04. The molecule has 0 aliphatic heterocycles. The smallest absolute Gasteiger partial charge is 0.261 e. The molecule has 0 saturated carbocycles. The van der Waals surface area contributed by atoms with Crippen molar-refractivity contribution in [2.75, 3.05) is 0 Å². The van der Waals surface area contributed by atoms with Gasteiger partial charge >= 0.3 is 0 Å². The minimum absolute atomic E-state index is 0.123. The molecule has 2 aromatic carbocycles. The highest BCUT2D eigenvalue weighted by Gasteiger charge is 2.18. The maximum Gasteiger partial charge on any atom is 0.261 e. The van der Waals surface area contributed by atoms with Crippen LogP contribution in [0.15, 0.2) is 88.9 Å². The van der Waals surface area contributed by atoms with Crippen LogP contribution in [0.4, 0.5) is 0 Å². The summed E-state index contributed by atoms with van der Waals surface area (Å²) in [5.41, 5.74) is 1.91. The van der Waals surface area contributed by atoms with Crippen molar-refractivity contribution in [2.45, 2.75) is 11.7 Å². The number of benzene rings is 2. The molecule has 2 heterocycles. The number of hydrogen-bond acceptors (Lipinski definition) is 5. The van der Waals surface area contributed by atoms with Gasteiger partial charge in [0.2, 0.25) is 5.12 Å². The first-order valence-corrected chi connectivity index (χ1v) is 9.85. The van der Waals surface area contributed by atoms with Gasteiger partial charge in [-0.15, -0.1) is 10.2 Å². The second-order valence-electron chi connectivity index (χ2n) is 6.46. The summed E-state index contributed by atoms with van der Waals surface area (Å²) in [4.78, 5) is 25.4. The zero-order valence-corrected chi connectivity index (χ0v) is 16.5. The fourth-order valence-corrected chi connectivity index (χ4v) is 3.69. The van der Waals surface area contributed by atoms with Crippen LogP contribution in [0.25, 0.3) is 11.4 Å². The van der Waals surface area contributed by atoms with E-state index < -0.39 is 0 Å². The third-order valence-corrected chi connectivity index (χ3v) is 5.44. The van der Waals surface area contributed by atoms with Gasteiger partial charge in [-0.25, -0.2) is 0 Å². The van der Waals surface area contributed by atoms with E-state index in [1.807, 2.05) is 54.6 Å². The van der Waals surface area contributed by atoms with Gasteiger partial charge in [0.25, 0.3) is 5.56 Å². The fraction of sp³-hybridized carbons (Fsp3) is 0.0909. The normalized spacial score (nSPS) is 10.8. The third-order valence-electron chi connectivity index (χ3n) is 4.49. The summed E-state index contributed by atoms with van der Waals surface area (Å²) in [6, 6.07) is 22.3. The average Bonchev–Trinajstić information content (AvgIpc) is 3.11. The fourth-order valence-electron chi connectivity index (χ4n) is 2.97. The van der Waals surface area contributed by atoms with Crippen LogP contribution in [0.3, 0.4) is 0 Å². The van der Waals surface area contributed by atoms with E-state index in [4.69, 9.17) is 0 Å². The molecule has 7 heteroatoms. The molecule has 0 bridgehead atoms. The molecular formula is C22H18N4O2S. The van der Waals surface area contributed by atoms with Crippen LogP contribution in [0, 0.1) is 0 Å². The summed E-state index contributed by atoms with van der Waals surface area (Å²) in [6.45, 7) is 0.472. The molecule has 0 atom stereocenters. The molecule has 0 aliphatic carbocycles. The Morgan fingerprint density at radius 1 is 0.931 bits per heavy atom. The third kappa shape index (κ3) is 4.05. The van der Waals surface area contributed by atoms with Crippen LogP contribution in [0.2, 0.25) is 0 Å². The minimum atomic E-state index is -0.155. The molecule has 29 heavy (non-hydrogen) atoms. The molecule has 0 amide bonds. The molecule has 4 aromatic rings. The van der Waals surface area contributed by atoms with E-state index in [9.17, 15) is 9.59 Å². The van der Waals surface area contributed by atoms with E-state index in [2.05, 4.69) is 10.2 Å². The Labute approximate surface area is 171 Å². The Kier molecular flexibility index (Phi) is 5.39. The van der Waals surface area contributed by atoms with Gasteiger partial charge in [-0.1, -0.05) is 60.7 Å². The predicted octanol–water partition coefficient (Wildman–Crippen LogP) is 3.62. The summed E-state index contributed by atoms with van der Waals surface area (Å²) in [6.07, 6.45) is 1.75.